The van der Waals surface area contributed by atoms with Crippen LogP contribution in [0.3, 0.4) is 0 Å². The Kier molecular flexibility index (Phi) is 7.82. The molecule has 174 valence electrons. The molecule has 1 atom stereocenters. The molecule has 1 heterocycles. The van der Waals surface area contributed by atoms with Gasteiger partial charge >= 0.3 is 5.97 Å². The Labute approximate surface area is 198 Å². The number of carbonyl (C=O) groups is 3. The second-order valence-electron chi connectivity index (χ2n) is 7.63. The highest BCUT2D eigenvalue weighted by molar-refractivity contribution is 6.08. The van der Waals surface area contributed by atoms with E-state index in [2.05, 4.69) is 11.9 Å². The molecule has 2 aromatic carbocycles. The fraction of sp³-hybridized carbons (Fsp3) is 0.148. The van der Waals surface area contributed by atoms with Gasteiger partial charge in [-0.15, -0.1) is 6.58 Å². The predicted octanol–water partition coefficient (Wildman–Crippen LogP) is 4.12. The van der Waals surface area contributed by atoms with Crippen LogP contribution in [-0.4, -0.2) is 40.5 Å². The van der Waals surface area contributed by atoms with Crippen LogP contribution >= 0.6 is 0 Å². The van der Waals surface area contributed by atoms with Gasteiger partial charge in [0.05, 0.1) is 18.4 Å². The van der Waals surface area contributed by atoms with Crippen LogP contribution in [-0.2, 0) is 11.3 Å². The third-order valence-electron chi connectivity index (χ3n) is 5.24. The number of methoxy groups -OCH3 is 1. The fourth-order valence-electron chi connectivity index (χ4n) is 3.38. The van der Waals surface area contributed by atoms with Gasteiger partial charge in [-0.2, -0.15) is 0 Å². The molecule has 0 aliphatic carbocycles. The number of allylic oxidation sites excluding steroid dienone is 1. The molecule has 7 nitrogen and oxygen atoms in total. The van der Waals surface area contributed by atoms with Gasteiger partial charge < -0.3 is 19.7 Å². The number of nitrogens with one attached hydrogen (secondary N) is 1. The van der Waals surface area contributed by atoms with Crippen LogP contribution in [0.25, 0.3) is 6.08 Å². The largest absolute Gasteiger partial charge is 0.496 e. The fourth-order valence-corrected chi connectivity index (χ4v) is 3.38. The molecule has 0 saturated carbocycles. The van der Waals surface area contributed by atoms with Crippen LogP contribution in [0.1, 0.15) is 37.5 Å². The number of hydrogen-bond donors (Lipinski definition) is 2. The lowest BCUT2D eigenvalue weighted by atomic mass is 10.1. The van der Waals surface area contributed by atoms with Crippen LogP contribution in [0.2, 0.25) is 0 Å². The molecule has 0 aliphatic rings. The summed E-state index contributed by atoms with van der Waals surface area (Å²) >= 11 is 0. The number of ether oxygens (including phenoxy) is 1. The number of carboxylic acids is 1. The highest BCUT2D eigenvalue weighted by Crippen LogP contribution is 2.21. The standard InChI is InChI=1S/C27H26N2O5/c1-4-22(27(32)33)28-26(31)21-17-19(11-14-24(21)34-3)7-5-15-29-16-6-8-23(29)25(30)20-12-9-18(2)10-13-20/h4-14,16-17,22H,1,15H2,2-3H3,(H,28,31)(H,32,33)/b7-5+/t22-/m0/s1. The van der Waals surface area contributed by atoms with Gasteiger partial charge in [-0.1, -0.05) is 54.1 Å². The highest BCUT2D eigenvalue weighted by atomic mass is 16.5. The summed E-state index contributed by atoms with van der Waals surface area (Å²) in [6, 6.07) is 14.9. The summed E-state index contributed by atoms with van der Waals surface area (Å²) in [5.74, 6) is -1.53. The normalized spacial score (nSPS) is 11.7. The van der Waals surface area contributed by atoms with E-state index in [1.54, 1.807) is 24.3 Å². The smallest absolute Gasteiger partial charge is 0.330 e. The summed E-state index contributed by atoms with van der Waals surface area (Å²) in [4.78, 5) is 36.7. The zero-order valence-corrected chi connectivity index (χ0v) is 19.0. The minimum Gasteiger partial charge on any atom is -0.496 e. The predicted molar refractivity (Wildman–Crippen MR) is 130 cm³/mol. The van der Waals surface area contributed by atoms with E-state index in [1.165, 1.54) is 7.11 Å². The molecule has 0 saturated heterocycles. The highest BCUT2D eigenvalue weighted by Gasteiger charge is 2.20. The van der Waals surface area contributed by atoms with Gasteiger partial charge in [0.25, 0.3) is 5.91 Å². The lowest BCUT2D eigenvalue weighted by molar-refractivity contribution is -0.137. The number of ketones is 1. The van der Waals surface area contributed by atoms with E-state index in [0.717, 1.165) is 17.2 Å². The zero-order chi connectivity index (χ0) is 24.7. The summed E-state index contributed by atoms with van der Waals surface area (Å²) < 4.78 is 7.10. The molecule has 3 rings (SSSR count). The molecule has 3 aromatic rings. The van der Waals surface area contributed by atoms with E-state index in [1.807, 2.05) is 60.2 Å². The van der Waals surface area contributed by atoms with E-state index in [4.69, 9.17) is 9.84 Å². The van der Waals surface area contributed by atoms with Crippen molar-refractivity contribution < 1.29 is 24.2 Å². The number of rotatable bonds is 10. The van der Waals surface area contributed by atoms with Crippen LogP contribution in [0.5, 0.6) is 5.75 Å². The van der Waals surface area contributed by atoms with Crippen molar-refractivity contribution in [3.8, 4) is 5.75 Å². The minimum atomic E-state index is -1.21. The summed E-state index contributed by atoms with van der Waals surface area (Å²) in [6.45, 7) is 5.85. The first-order valence-corrected chi connectivity index (χ1v) is 10.6. The van der Waals surface area contributed by atoms with Crippen LogP contribution in [0.4, 0.5) is 0 Å². The van der Waals surface area contributed by atoms with Crippen molar-refractivity contribution in [2.75, 3.05) is 7.11 Å². The van der Waals surface area contributed by atoms with Crippen molar-refractivity contribution in [2.45, 2.75) is 19.5 Å². The van der Waals surface area contributed by atoms with E-state index < -0.39 is 17.9 Å². The quantitative estimate of drug-likeness (QED) is 0.352. The number of aromatic nitrogens is 1. The summed E-state index contributed by atoms with van der Waals surface area (Å²) in [6.07, 6.45) is 6.67. The number of benzene rings is 2. The van der Waals surface area contributed by atoms with Gasteiger partial charge in [-0.3, -0.25) is 9.59 Å². The Morgan fingerprint density at radius 2 is 1.88 bits per heavy atom. The van der Waals surface area contributed by atoms with Crippen LogP contribution < -0.4 is 10.1 Å². The van der Waals surface area contributed by atoms with Gasteiger partial charge in [-0.25, -0.2) is 4.79 Å². The number of carboxylic acid groups (broad SMARTS) is 1. The number of hydrogen-bond acceptors (Lipinski definition) is 4. The molecule has 0 spiro atoms. The average molecular weight is 459 g/mol. The first-order chi connectivity index (χ1) is 16.3. The number of aryl methyl sites for hydroxylation is 1. The molecule has 0 unspecified atom stereocenters. The molecular weight excluding hydrogens is 432 g/mol. The molecule has 0 aliphatic heterocycles. The maximum atomic E-state index is 12.9. The maximum Gasteiger partial charge on any atom is 0.330 e. The molecule has 7 heteroatoms. The molecule has 2 N–H and O–H groups in total. The molecular formula is C27H26N2O5. The molecule has 0 radical (unpaired) electrons. The van der Waals surface area contributed by atoms with Crippen LogP contribution in [0.15, 0.2) is 79.5 Å². The lowest BCUT2D eigenvalue weighted by Crippen LogP contribution is -2.39. The molecule has 0 bridgehead atoms. The first kappa shape index (κ1) is 24.3. The summed E-state index contributed by atoms with van der Waals surface area (Å²) in [7, 11) is 1.43. The van der Waals surface area contributed by atoms with Gasteiger partial charge in [0.1, 0.15) is 11.8 Å². The van der Waals surface area contributed by atoms with Crippen molar-refractivity contribution in [1.29, 1.82) is 0 Å². The number of aliphatic carboxylic acids is 1. The van der Waals surface area contributed by atoms with Crippen molar-refractivity contribution in [3.05, 3.63) is 107 Å². The van der Waals surface area contributed by atoms with Crippen molar-refractivity contribution in [1.82, 2.24) is 9.88 Å². The second kappa shape index (κ2) is 11.0. The first-order valence-electron chi connectivity index (χ1n) is 10.6. The van der Waals surface area contributed by atoms with Crippen molar-refractivity contribution in [3.63, 3.8) is 0 Å². The van der Waals surface area contributed by atoms with Crippen molar-refractivity contribution >= 4 is 23.7 Å². The monoisotopic (exact) mass is 458 g/mol. The molecule has 1 aromatic heterocycles. The molecule has 0 fully saturated rings. The van der Waals surface area contributed by atoms with Crippen LogP contribution in [0, 0.1) is 6.92 Å². The molecule has 1 amide bonds. The Bertz CT molecular complexity index is 1240. The third kappa shape index (κ3) is 5.69. The topological polar surface area (TPSA) is 97.6 Å². The Morgan fingerprint density at radius 3 is 2.53 bits per heavy atom. The lowest BCUT2D eigenvalue weighted by Gasteiger charge is -2.13. The van der Waals surface area contributed by atoms with E-state index in [9.17, 15) is 14.4 Å². The summed E-state index contributed by atoms with van der Waals surface area (Å²) in [5.41, 5.74) is 3.21. The Hall–Kier alpha value is -4.39. The van der Waals surface area contributed by atoms with Gasteiger partial charge in [0.15, 0.2) is 0 Å². The summed E-state index contributed by atoms with van der Waals surface area (Å²) in [5, 5.41) is 11.5. The average Bonchev–Trinajstić information content (AvgIpc) is 3.30. The van der Waals surface area contributed by atoms with Gasteiger partial charge in [0, 0.05) is 18.3 Å². The number of carbonyl (C=O) groups excluding carboxylic acids is 2. The Morgan fingerprint density at radius 1 is 1.15 bits per heavy atom. The zero-order valence-electron chi connectivity index (χ0n) is 19.0. The SMILES string of the molecule is C=C[C@H](NC(=O)c1cc(/C=C/Cn2cccc2C(=O)c2ccc(C)cc2)ccc1OC)C(=O)O. The third-order valence-corrected chi connectivity index (χ3v) is 5.24. The number of nitrogens with zero attached hydrogens (tertiary/aromatic N) is 1. The van der Waals surface area contributed by atoms with E-state index in [0.29, 0.717) is 23.6 Å². The minimum absolute atomic E-state index is 0.0583. The van der Waals surface area contributed by atoms with E-state index >= 15 is 0 Å². The number of amides is 1. The molecule has 34 heavy (non-hydrogen) atoms. The van der Waals surface area contributed by atoms with Crippen molar-refractivity contribution in [2.24, 2.45) is 0 Å². The second-order valence-corrected chi connectivity index (χ2v) is 7.63. The van der Waals surface area contributed by atoms with Gasteiger partial charge in [-0.05, 0) is 36.8 Å². The Balaban J connectivity index is 1.76. The maximum absolute atomic E-state index is 12.9. The van der Waals surface area contributed by atoms with E-state index in [-0.39, 0.29) is 11.3 Å². The van der Waals surface area contributed by atoms with Gasteiger partial charge in [0.2, 0.25) is 5.78 Å².